The van der Waals surface area contributed by atoms with Crippen LogP contribution in [0.15, 0.2) is 0 Å². The molecule has 0 heterocycles. The monoisotopic (exact) mass is 274 g/mol. The molecule has 0 aromatic rings. The van der Waals surface area contributed by atoms with E-state index in [9.17, 15) is 0 Å². The van der Waals surface area contributed by atoms with E-state index in [4.69, 9.17) is 19.2 Å². The van der Waals surface area contributed by atoms with Crippen LogP contribution in [0.1, 0.15) is 0 Å². The average molecular weight is 274 g/mol. The van der Waals surface area contributed by atoms with Gasteiger partial charge in [0.1, 0.15) is 0 Å². The summed E-state index contributed by atoms with van der Waals surface area (Å²) in [5.41, 5.74) is 0. The number of rotatable bonds is 0. The van der Waals surface area contributed by atoms with Crippen molar-refractivity contribution in [2.75, 3.05) is 0 Å². The average Bonchev–Trinajstić information content (AvgIpc) is 0.722. The minimum Gasteiger partial charge on any atom is -0.894 e. The van der Waals surface area contributed by atoms with Crippen LogP contribution in [-0.2, 0) is 0 Å². The normalized spacial score (nSPS) is 4.29. The Bertz CT molecular complexity index is 32.3. The van der Waals surface area contributed by atoms with Crippen LogP contribution in [0.5, 0.6) is 0 Å². The quantitative estimate of drug-likeness (QED) is 0.389. The minimum absolute atomic E-state index is 0. The molecule has 0 aliphatic rings. The first-order valence-corrected chi connectivity index (χ1v) is 2.45. The van der Waals surface area contributed by atoms with Crippen LogP contribution in [0.2, 0.25) is 0 Å². The second kappa shape index (κ2) is 43.6. The van der Waals surface area contributed by atoms with Crippen molar-refractivity contribution < 1.29 is 165 Å². The fourth-order valence-electron chi connectivity index (χ4n) is 0. The van der Waals surface area contributed by atoms with Gasteiger partial charge in [-0.1, -0.05) is 0 Å². The van der Waals surface area contributed by atoms with Gasteiger partial charge in [-0.2, -0.15) is 0 Å². The van der Waals surface area contributed by atoms with Crippen LogP contribution < -0.4 is 137 Å². The van der Waals surface area contributed by atoms with Crippen molar-refractivity contribution in [3.8, 4) is 0 Å². The summed E-state index contributed by atoms with van der Waals surface area (Å²) >= 11 is 0. The van der Waals surface area contributed by atoms with Crippen LogP contribution in [0.25, 0.3) is 0 Å². The second-order valence-corrected chi connectivity index (χ2v) is 1.50. The van der Waals surface area contributed by atoms with Gasteiger partial charge in [0.15, 0.2) is 0 Å². The van der Waals surface area contributed by atoms with Gasteiger partial charge in [-0.25, -0.2) is 0 Å². The molecule has 0 spiro atoms. The van der Waals surface area contributed by atoms with Gasteiger partial charge in [0.25, 0.3) is 0 Å². The molecule has 9 nitrogen and oxygen atoms in total. The molecule has 14 heteroatoms. The third kappa shape index (κ3) is 235. The van der Waals surface area contributed by atoms with E-state index in [0.29, 0.717) is 0 Å². The van der Waals surface area contributed by atoms with E-state index < -0.39 is 9.05 Å². The van der Waals surface area contributed by atoms with Crippen molar-refractivity contribution in [2.24, 2.45) is 0 Å². The SMILES string of the molecule is O.O.O.O.O.[Na+].[Na+].[Na+].[Na+].[O-][Si]([O-])([O-])[O-]. The van der Waals surface area contributed by atoms with Crippen molar-refractivity contribution in [3.63, 3.8) is 0 Å². The van der Waals surface area contributed by atoms with E-state index in [1.165, 1.54) is 0 Å². The van der Waals surface area contributed by atoms with E-state index in [1.54, 1.807) is 0 Å². The molecule has 0 rings (SSSR count). The fraction of sp³-hybridized carbons (Fsp3) is 0. The molecule has 0 atom stereocenters. The molecular formula is H10Na4O9Si. The molecule has 0 radical (unpaired) electrons. The van der Waals surface area contributed by atoms with Gasteiger partial charge < -0.3 is 55.6 Å². The number of hydrogen-bond acceptors (Lipinski definition) is 4. The van der Waals surface area contributed by atoms with E-state index in [0.717, 1.165) is 0 Å². The van der Waals surface area contributed by atoms with Crippen molar-refractivity contribution >= 4 is 9.05 Å². The van der Waals surface area contributed by atoms with Gasteiger partial charge in [0.05, 0.1) is 0 Å². The summed E-state index contributed by atoms with van der Waals surface area (Å²) in [6, 6.07) is 0. The van der Waals surface area contributed by atoms with Gasteiger partial charge in [-0.05, 0) is 0 Å². The molecule has 0 aliphatic heterocycles. The van der Waals surface area contributed by atoms with Crippen LogP contribution in [-0.4, -0.2) is 36.4 Å². The molecule has 0 aromatic heterocycles. The Morgan fingerprint density at radius 2 is 0.429 bits per heavy atom. The Kier molecular flexibility index (Phi) is 256. The summed E-state index contributed by atoms with van der Waals surface area (Å²) < 4.78 is 0. The third-order valence-corrected chi connectivity index (χ3v) is 0. The van der Waals surface area contributed by atoms with Crippen LogP contribution in [0.3, 0.4) is 0 Å². The molecular weight excluding hydrogens is 264 g/mol. The van der Waals surface area contributed by atoms with E-state index in [2.05, 4.69) is 0 Å². The molecule has 72 valence electrons. The summed E-state index contributed by atoms with van der Waals surface area (Å²) in [5.74, 6) is 0. The van der Waals surface area contributed by atoms with Crippen LogP contribution in [0.4, 0.5) is 0 Å². The molecule has 0 aliphatic carbocycles. The Morgan fingerprint density at radius 1 is 0.429 bits per heavy atom. The van der Waals surface area contributed by atoms with E-state index >= 15 is 0 Å². The Balaban J connectivity index is -0.00000000222. The first kappa shape index (κ1) is 82.2. The Labute approximate surface area is 170 Å². The van der Waals surface area contributed by atoms with Crippen molar-refractivity contribution in [1.82, 2.24) is 0 Å². The summed E-state index contributed by atoms with van der Waals surface area (Å²) in [6.07, 6.45) is 0. The molecule has 14 heavy (non-hydrogen) atoms. The predicted molar refractivity (Wildman–Crippen MR) is 23.8 cm³/mol. The van der Waals surface area contributed by atoms with Crippen molar-refractivity contribution in [2.45, 2.75) is 0 Å². The Morgan fingerprint density at radius 3 is 0.429 bits per heavy atom. The van der Waals surface area contributed by atoms with E-state index in [1.807, 2.05) is 0 Å². The van der Waals surface area contributed by atoms with E-state index in [-0.39, 0.29) is 146 Å². The molecule has 0 aromatic carbocycles. The molecule has 0 bridgehead atoms. The molecule has 0 amide bonds. The van der Waals surface area contributed by atoms with Crippen LogP contribution >= 0.6 is 0 Å². The second-order valence-electron chi connectivity index (χ2n) is 0.500. The zero-order chi connectivity index (χ0) is 4.50. The Hall–Kier alpha value is 3.86. The molecule has 0 fully saturated rings. The van der Waals surface area contributed by atoms with Gasteiger partial charge in [-0.3, -0.25) is 0 Å². The van der Waals surface area contributed by atoms with Crippen LogP contribution in [0, 0.1) is 0 Å². The summed E-state index contributed by atoms with van der Waals surface area (Å²) in [5, 5.41) is 0. The largest absolute Gasteiger partial charge is 1.00 e. The maximum atomic E-state index is 8.58. The first-order valence-electron chi connectivity index (χ1n) is 0.816. The standard InChI is InChI=1S/4Na.O4Si.5H2O/c;;;;1-5(2,3)4;;;;;/h;;;;;5*1H2/q4*+1;-4;;;;;. The zero-order valence-corrected chi connectivity index (χ0v) is 17.6. The van der Waals surface area contributed by atoms with Gasteiger partial charge in [0, 0.05) is 0 Å². The maximum absolute atomic E-state index is 8.58. The van der Waals surface area contributed by atoms with Crippen molar-refractivity contribution in [3.05, 3.63) is 0 Å². The molecule has 0 saturated heterocycles. The maximum Gasteiger partial charge on any atom is 1.00 e. The minimum atomic E-state index is -5.61. The third-order valence-electron chi connectivity index (χ3n) is 0. The van der Waals surface area contributed by atoms with Gasteiger partial charge >= 0.3 is 118 Å². The fourth-order valence-corrected chi connectivity index (χ4v) is 0. The zero-order valence-electron chi connectivity index (χ0n) is 8.63. The summed E-state index contributed by atoms with van der Waals surface area (Å²) in [4.78, 5) is 34.3. The van der Waals surface area contributed by atoms with Crippen molar-refractivity contribution in [1.29, 1.82) is 0 Å². The molecule has 0 unspecified atom stereocenters. The molecule has 10 N–H and O–H groups in total. The number of hydrogen-bond donors (Lipinski definition) is 0. The van der Waals surface area contributed by atoms with Gasteiger partial charge in [-0.15, -0.1) is 0 Å². The predicted octanol–water partition coefficient (Wildman–Crippen LogP) is -21.2. The topological polar surface area (TPSA) is 250 Å². The van der Waals surface area contributed by atoms with Gasteiger partial charge in [0.2, 0.25) is 0 Å². The molecule has 0 saturated carbocycles. The summed E-state index contributed by atoms with van der Waals surface area (Å²) in [6.45, 7) is 0. The smallest absolute Gasteiger partial charge is 0.894 e. The summed E-state index contributed by atoms with van der Waals surface area (Å²) in [7, 11) is -5.61. The first-order chi connectivity index (χ1) is 2.00.